The average Bonchev–Trinajstić information content (AvgIpc) is 3.09. The van der Waals surface area contributed by atoms with Crippen LogP contribution in [0.5, 0.6) is 0 Å². The molecule has 8 atom stereocenters. The molecule has 6 heteroatoms. The number of amides is 1. The van der Waals surface area contributed by atoms with Crippen LogP contribution in [0.2, 0.25) is 0 Å². The molecule has 0 bridgehead atoms. The Morgan fingerprint density at radius 3 is 2.60 bits per heavy atom. The quantitative estimate of drug-likeness (QED) is 0.442. The van der Waals surface area contributed by atoms with Crippen molar-refractivity contribution in [3.8, 4) is 0 Å². The molecule has 7 unspecified atom stereocenters. The Kier molecular flexibility index (Phi) is 7.82. The predicted molar refractivity (Wildman–Crippen MR) is 134 cm³/mol. The molecule has 190 valence electrons. The Morgan fingerprint density at radius 2 is 1.86 bits per heavy atom. The molecule has 3 aliphatic rings. The minimum Gasteiger partial charge on any atom is -0.448 e. The molecule has 1 aliphatic carbocycles. The van der Waals surface area contributed by atoms with E-state index in [-0.39, 0.29) is 30.2 Å². The Labute approximate surface area is 208 Å². The molecule has 2 fully saturated rings. The van der Waals surface area contributed by atoms with Crippen molar-refractivity contribution in [3.05, 3.63) is 60.2 Å². The van der Waals surface area contributed by atoms with E-state index in [9.17, 15) is 19.8 Å². The van der Waals surface area contributed by atoms with Gasteiger partial charge in [0.15, 0.2) is 0 Å². The number of ether oxygens (including phenoxy) is 1. The third-order valence-corrected chi connectivity index (χ3v) is 8.32. The number of carbonyl (C=O) groups is 2. The fourth-order valence-electron chi connectivity index (χ4n) is 6.30. The third kappa shape index (κ3) is 5.10. The molecule has 1 amide bonds. The second-order valence-electron chi connectivity index (χ2n) is 10.8. The van der Waals surface area contributed by atoms with Crippen LogP contribution in [0.25, 0.3) is 0 Å². The standard InChI is InChI=1S/C29H39NO5/c1-18-9-7-13-22(31)15-16-25(32)35-29-23(14-8-10-18)27(33)20(3)19(2)26(29)24(30-28(29)34)17-21-11-5-4-6-12-21/h4-6,8,11-12,14,18-19,22-24,26-27,31,33H,3,7,9-10,13,15-17H2,1-2H3,(H,30,34)/t18?,19?,22?,23?,24?,26?,27?,29-/m1/s1. The Hall–Kier alpha value is -2.44. The SMILES string of the molecule is C=C1C(C)C2C(Cc3ccccc3)NC(=O)[C@]23OC(=O)CCC(O)CCCC(C)CC=CC3C1O. The van der Waals surface area contributed by atoms with Gasteiger partial charge in [-0.15, -0.1) is 0 Å². The second kappa shape index (κ2) is 10.7. The number of allylic oxidation sites excluding steroid dienone is 1. The maximum absolute atomic E-state index is 13.8. The highest BCUT2D eigenvalue weighted by atomic mass is 16.6. The molecule has 0 aromatic heterocycles. The lowest BCUT2D eigenvalue weighted by Gasteiger charge is -2.49. The van der Waals surface area contributed by atoms with Gasteiger partial charge >= 0.3 is 5.97 Å². The summed E-state index contributed by atoms with van der Waals surface area (Å²) in [5, 5.41) is 24.8. The largest absolute Gasteiger partial charge is 0.448 e. The average molecular weight is 482 g/mol. The zero-order chi connectivity index (χ0) is 25.2. The van der Waals surface area contributed by atoms with Crippen molar-refractivity contribution in [2.24, 2.45) is 23.7 Å². The first-order valence-corrected chi connectivity index (χ1v) is 13.0. The Balaban J connectivity index is 1.75. The smallest absolute Gasteiger partial charge is 0.306 e. The molecule has 1 saturated heterocycles. The molecule has 6 nitrogen and oxygen atoms in total. The molecule has 35 heavy (non-hydrogen) atoms. The van der Waals surface area contributed by atoms with Crippen LogP contribution in [0.3, 0.4) is 0 Å². The fraction of sp³-hybridized carbons (Fsp3) is 0.586. The lowest BCUT2D eigenvalue weighted by Crippen LogP contribution is -2.61. The van der Waals surface area contributed by atoms with Crippen LogP contribution in [0.4, 0.5) is 0 Å². The summed E-state index contributed by atoms with van der Waals surface area (Å²) in [5.74, 6) is -1.80. The van der Waals surface area contributed by atoms with Gasteiger partial charge < -0.3 is 20.3 Å². The van der Waals surface area contributed by atoms with Gasteiger partial charge in [0.1, 0.15) is 0 Å². The van der Waals surface area contributed by atoms with E-state index >= 15 is 0 Å². The van der Waals surface area contributed by atoms with Gasteiger partial charge in [-0.2, -0.15) is 0 Å². The van der Waals surface area contributed by atoms with Crippen LogP contribution in [0, 0.1) is 23.7 Å². The van der Waals surface area contributed by atoms with E-state index in [1.54, 1.807) is 0 Å². The van der Waals surface area contributed by atoms with Crippen LogP contribution < -0.4 is 5.32 Å². The number of carbonyl (C=O) groups excluding carboxylic acids is 2. The molecule has 3 N–H and O–H groups in total. The molecular formula is C29H39NO5. The minimum absolute atomic E-state index is 0.0314. The summed E-state index contributed by atoms with van der Waals surface area (Å²) >= 11 is 0. The summed E-state index contributed by atoms with van der Waals surface area (Å²) in [7, 11) is 0. The van der Waals surface area contributed by atoms with E-state index in [4.69, 9.17) is 4.74 Å². The molecule has 0 radical (unpaired) electrons. The highest BCUT2D eigenvalue weighted by Crippen LogP contribution is 2.52. The number of hydrogen-bond donors (Lipinski definition) is 3. The van der Waals surface area contributed by atoms with Crippen molar-refractivity contribution in [1.29, 1.82) is 0 Å². The van der Waals surface area contributed by atoms with E-state index in [1.807, 2.05) is 49.4 Å². The van der Waals surface area contributed by atoms with Crippen LogP contribution in [0.1, 0.15) is 57.9 Å². The van der Waals surface area contributed by atoms with Crippen molar-refractivity contribution in [2.75, 3.05) is 0 Å². The van der Waals surface area contributed by atoms with Crippen LogP contribution in [0.15, 0.2) is 54.6 Å². The lowest BCUT2D eigenvalue weighted by molar-refractivity contribution is -0.187. The van der Waals surface area contributed by atoms with Crippen molar-refractivity contribution in [1.82, 2.24) is 5.32 Å². The maximum atomic E-state index is 13.8. The first-order chi connectivity index (χ1) is 16.7. The number of aliphatic hydroxyl groups excluding tert-OH is 2. The summed E-state index contributed by atoms with van der Waals surface area (Å²) in [5.41, 5.74) is 0.219. The number of benzene rings is 1. The van der Waals surface area contributed by atoms with Gasteiger partial charge in [0.25, 0.3) is 5.91 Å². The van der Waals surface area contributed by atoms with E-state index in [0.717, 1.165) is 24.8 Å². The molecule has 2 aliphatic heterocycles. The zero-order valence-electron chi connectivity index (χ0n) is 20.9. The highest BCUT2D eigenvalue weighted by Gasteiger charge is 2.67. The van der Waals surface area contributed by atoms with Gasteiger partial charge in [-0.1, -0.05) is 75.8 Å². The summed E-state index contributed by atoms with van der Waals surface area (Å²) in [6.45, 7) is 8.32. The van der Waals surface area contributed by atoms with Gasteiger partial charge in [-0.3, -0.25) is 9.59 Å². The van der Waals surface area contributed by atoms with Gasteiger partial charge in [-0.05, 0) is 48.7 Å². The molecule has 1 aromatic carbocycles. The Morgan fingerprint density at radius 1 is 1.11 bits per heavy atom. The topological polar surface area (TPSA) is 95.9 Å². The lowest BCUT2D eigenvalue weighted by atomic mass is 9.59. The highest BCUT2D eigenvalue weighted by molar-refractivity contribution is 5.92. The number of hydrogen-bond acceptors (Lipinski definition) is 5. The molecular weight excluding hydrogens is 442 g/mol. The van der Waals surface area contributed by atoms with Crippen LogP contribution >= 0.6 is 0 Å². The zero-order valence-corrected chi connectivity index (χ0v) is 20.9. The van der Waals surface area contributed by atoms with E-state index in [2.05, 4.69) is 18.8 Å². The summed E-state index contributed by atoms with van der Waals surface area (Å²) in [4.78, 5) is 26.9. The first-order valence-electron chi connectivity index (χ1n) is 13.0. The minimum atomic E-state index is -1.52. The number of aliphatic hydroxyl groups is 2. The van der Waals surface area contributed by atoms with Crippen LogP contribution in [-0.4, -0.2) is 45.9 Å². The predicted octanol–water partition coefficient (Wildman–Crippen LogP) is 3.72. The van der Waals surface area contributed by atoms with Crippen molar-refractivity contribution in [2.45, 2.75) is 82.6 Å². The molecule has 1 saturated carbocycles. The summed E-state index contributed by atoms with van der Waals surface area (Å²) in [6, 6.07) is 9.66. The first kappa shape index (κ1) is 25.6. The molecule has 1 spiro atoms. The normalized spacial score (nSPS) is 38.6. The van der Waals surface area contributed by atoms with Gasteiger partial charge in [0.05, 0.1) is 18.1 Å². The van der Waals surface area contributed by atoms with Gasteiger partial charge in [0.2, 0.25) is 5.60 Å². The van der Waals surface area contributed by atoms with E-state index < -0.39 is 29.7 Å². The van der Waals surface area contributed by atoms with Crippen molar-refractivity contribution >= 4 is 11.9 Å². The van der Waals surface area contributed by atoms with Crippen molar-refractivity contribution < 1.29 is 24.5 Å². The van der Waals surface area contributed by atoms with Crippen molar-refractivity contribution in [3.63, 3.8) is 0 Å². The summed E-state index contributed by atoms with van der Waals surface area (Å²) in [6.07, 6.45) is 6.53. The maximum Gasteiger partial charge on any atom is 0.306 e. The molecule has 2 heterocycles. The van der Waals surface area contributed by atoms with Gasteiger partial charge in [-0.25, -0.2) is 0 Å². The molecule has 4 rings (SSSR count). The molecule has 1 aromatic rings. The number of esters is 1. The monoisotopic (exact) mass is 481 g/mol. The van der Waals surface area contributed by atoms with Crippen LogP contribution in [-0.2, 0) is 20.7 Å². The fourth-order valence-corrected chi connectivity index (χ4v) is 6.30. The second-order valence-corrected chi connectivity index (χ2v) is 10.8. The number of nitrogens with one attached hydrogen (secondary N) is 1. The summed E-state index contributed by atoms with van der Waals surface area (Å²) < 4.78 is 6.14. The number of rotatable bonds is 2. The van der Waals surface area contributed by atoms with Gasteiger partial charge in [0, 0.05) is 18.4 Å². The Bertz CT molecular complexity index is 959. The van der Waals surface area contributed by atoms with E-state index in [0.29, 0.717) is 30.8 Å². The third-order valence-electron chi connectivity index (χ3n) is 8.32. The van der Waals surface area contributed by atoms with E-state index in [1.165, 1.54) is 0 Å².